The second kappa shape index (κ2) is 3.32. The third kappa shape index (κ3) is 4.13. The van der Waals surface area contributed by atoms with Gasteiger partial charge in [0.25, 0.3) is 0 Å². The van der Waals surface area contributed by atoms with Gasteiger partial charge in [0, 0.05) is 0 Å². The first kappa shape index (κ1) is 6.13. The van der Waals surface area contributed by atoms with Crippen LogP contribution in [-0.4, -0.2) is 14.2 Å². The average molecular weight is 78.7 g/mol. The molecular formula is C4H9B2. The van der Waals surface area contributed by atoms with Crippen LogP contribution in [0.5, 0.6) is 0 Å². The van der Waals surface area contributed by atoms with Crippen LogP contribution in [0.15, 0.2) is 0 Å². The molecule has 0 aliphatic rings. The maximum absolute atomic E-state index is 5.10. The fourth-order valence-corrected chi connectivity index (χ4v) is 0.272. The number of hydrogen-bond donors (Lipinski definition) is 0. The van der Waals surface area contributed by atoms with Crippen molar-refractivity contribution in [2.45, 2.75) is 20.2 Å². The summed E-state index contributed by atoms with van der Waals surface area (Å²) >= 11 is 0. The van der Waals surface area contributed by atoms with Crippen LogP contribution in [0.1, 0.15) is 13.8 Å². The van der Waals surface area contributed by atoms with E-state index in [-0.39, 0.29) is 0 Å². The average Bonchev–Trinajstić information content (AvgIpc) is 1.35. The Hall–Kier alpha value is 0.130. The third-order valence-corrected chi connectivity index (χ3v) is 0.607. The maximum atomic E-state index is 5.10. The number of rotatable bonds is 2. The molecule has 0 aromatic carbocycles. The quantitative estimate of drug-likeness (QED) is 0.430. The number of hydrogen-bond acceptors (Lipinski definition) is 0. The van der Waals surface area contributed by atoms with E-state index in [0.717, 1.165) is 12.2 Å². The van der Waals surface area contributed by atoms with E-state index in [0.29, 0.717) is 0 Å². The van der Waals surface area contributed by atoms with Crippen LogP contribution >= 0.6 is 0 Å². The molecule has 0 spiro atoms. The van der Waals surface area contributed by atoms with Gasteiger partial charge in [0.2, 0.25) is 0 Å². The molecule has 0 amide bonds. The molecule has 0 nitrogen and oxygen atoms in total. The molecule has 0 aliphatic carbocycles. The van der Waals surface area contributed by atoms with E-state index in [2.05, 4.69) is 13.8 Å². The fraction of sp³-hybridized carbons (Fsp3) is 1.00. The second-order valence-corrected chi connectivity index (χ2v) is 1.87. The van der Waals surface area contributed by atoms with E-state index >= 15 is 0 Å². The van der Waals surface area contributed by atoms with E-state index in [1.165, 1.54) is 0 Å². The Kier molecular flexibility index (Phi) is 3.40. The molecule has 0 saturated heterocycles. The van der Waals surface area contributed by atoms with Crippen molar-refractivity contribution in [2.24, 2.45) is 5.92 Å². The zero-order chi connectivity index (χ0) is 4.99. The van der Waals surface area contributed by atoms with Gasteiger partial charge in [-0.05, 0) is 0 Å². The van der Waals surface area contributed by atoms with Crippen LogP contribution in [-0.2, 0) is 0 Å². The molecular weight excluding hydrogens is 69.7 g/mol. The molecule has 0 fully saturated rings. The van der Waals surface area contributed by atoms with Crippen molar-refractivity contribution in [3.63, 3.8) is 0 Å². The van der Waals surface area contributed by atoms with Crippen LogP contribution in [0, 0.1) is 5.92 Å². The standard InChI is InChI=1S/C4H9B2/c1-4(2)3-6-5/h4H,3H2,1-2H3. The topological polar surface area (TPSA) is 0 Å². The van der Waals surface area contributed by atoms with Crippen molar-refractivity contribution in [3.05, 3.63) is 0 Å². The van der Waals surface area contributed by atoms with Gasteiger partial charge >= 0.3 is 40.3 Å². The Labute approximate surface area is 41.2 Å². The first-order valence-electron chi connectivity index (χ1n) is 2.30. The summed E-state index contributed by atoms with van der Waals surface area (Å²) in [6.07, 6.45) is 1.03. The summed E-state index contributed by atoms with van der Waals surface area (Å²) < 4.78 is 0. The van der Waals surface area contributed by atoms with E-state index in [9.17, 15) is 0 Å². The van der Waals surface area contributed by atoms with Crippen LogP contribution in [0.2, 0.25) is 6.32 Å². The molecule has 2 heteroatoms. The summed E-state index contributed by atoms with van der Waals surface area (Å²) in [7, 11) is 5.10. The predicted octanol–water partition coefficient (Wildman–Crippen LogP) is 0.848. The predicted molar refractivity (Wildman–Crippen MR) is 31.2 cm³/mol. The van der Waals surface area contributed by atoms with Gasteiger partial charge < -0.3 is 0 Å². The van der Waals surface area contributed by atoms with Crippen molar-refractivity contribution in [1.82, 2.24) is 0 Å². The van der Waals surface area contributed by atoms with Gasteiger partial charge in [0.05, 0.1) is 0 Å². The van der Waals surface area contributed by atoms with Crippen molar-refractivity contribution in [3.8, 4) is 0 Å². The van der Waals surface area contributed by atoms with E-state index < -0.39 is 0 Å². The van der Waals surface area contributed by atoms with E-state index in [1.807, 2.05) is 0 Å². The second-order valence-electron chi connectivity index (χ2n) is 1.87. The Morgan fingerprint density at radius 3 is 2.17 bits per heavy atom. The molecule has 0 N–H and O–H groups in total. The summed E-state index contributed by atoms with van der Waals surface area (Å²) in [5.41, 5.74) is 0. The molecule has 0 heterocycles. The van der Waals surface area contributed by atoms with Crippen LogP contribution in [0.25, 0.3) is 0 Å². The molecule has 0 saturated carbocycles. The third-order valence-electron chi connectivity index (χ3n) is 0.607. The summed E-state index contributed by atoms with van der Waals surface area (Å²) in [5.74, 6) is 0.718. The van der Waals surface area contributed by atoms with Gasteiger partial charge in [-0.25, -0.2) is 0 Å². The van der Waals surface area contributed by atoms with Gasteiger partial charge in [-0.2, -0.15) is 0 Å². The van der Waals surface area contributed by atoms with E-state index in [1.54, 1.807) is 6.80 Å². The fourth-order valence-electron chi connectivity index (χ4n) is 0.272. The van der Waals surface area contributed by atoms with Crippen LogP contribution in [0.4, 0.5) is 0 Å². The zero-order valence-corrected chi connectivity index (χ0v) is 4.44. The molecule has 0 bridgehead atoms. The Balaban J connectivity index is 2.81. The summed E-state index contributed by atoms with van der Waals surface area (Å²) in [6, 6.07) is 0. The van der Waals surface area contributed by atoms with Crippen molar-refractivity contribution < 1.29 is 0 Å². The first-order chi connectivity index (χ1) is 2.77. The molecule has 6 heavy (non-hydrogen) atoms. The Bertz CT molecular complexity index is 40.8. The molecule has 1 radical (unpaired) electrons. The zero-order valence-electron chi connectivity index (χ0n) is 4.44. The van der Waals surface area contributed by atoms with Gasteiger partial charge in [0.15, 0.2) is 0 Å². The molecule has 0 aliphatic heterocycles. The molecule has 0 atom stereocenters. The van der Waals surface area contributed by atoms with E-state index in [4.69, 9.17) is 7.37 Å². The minimum absolute atomic E-state index is 0.718. The normalized spacial score (nSPS) is 8.33. The van der Waals surface area contributed by atoms with Gasteiger partial charge in [-0.15, -0.1) is 0 Å². The van der Waals surface area contributed by atoms with Crippen LogP contribution < -0.4 is 0 Å². The molecule has 0 unspecified atom stereocenters. The van der Waals surface area contributed by atoms with Gasteiger partial charge in [-0.1, -0.05) is 0 Å². The van der Waals surface area contributed by atoms with Crippen LogP contribution in [0.3, 0.4) is 0 Å². The van der Waals surface area contributed by atoms with Gasteiger partial charge in [0.1, 0.15) is 0 Å². The summed E-state index contributed by atoms with van der Waals surface area (Å²) in [4.78, 5) is 0. The Morgan fingerprint density at radius 2 is 2.17 bits per heavy atom. The van der Waals surface area contributed by atoms with Crippen molar-refractivity contribution >= 4 is 14.2 Å². The molecule has 31 valence electrons. The monoisotopic (exact) mass is 79.1 g/mol. The summed E-state index contributed by atoms with van der Waals surface area (Å²) in [5, 5.41) is 0. The first-order valence-corrected chi connectivity index (χ1v) is 2.30. The van der Waals surface area contributed by atoms with Crippen molar-refractivity contribution in [1.29, 1.82) is 0 Å². The molecule has 0 aromatic rings. The Morgan fingerprint density at radius 1 is 1.67 bits per heavy atom. The molecule has 0 rings (SSSR count). The molecule has 0 aromatic heterocycles. The minimum atomic E-state index is 0.718. The van der Waals surface area contributed by atoms with Gasteiger partial charge in [-0.3, -0.25) is 0 Å². The SMILES string of the molecule is [B]=BCC(C)C. The van der Waals surface area contributed by atoms with Crippen molar-refractivity contribution in [2.75, 3.05) is 0 Å². The summed E-state index contributed by atoms with van der Waals surface area (Å²) in [6.45, 7) is 5.98.